The molecular weight excluding hydrogens is 300 g/mol. The molecule has 124 valence electrons. The van der Waals surface area contributed by atoms with E-state index in [0.717, 1.165) is 37.2 Å². The van der Waals surface area contributed by atoms with E-state index >= 15 is 0 Å². The van der Waals surface area contributed by atoms with E-state index in [1.165, 1.54) is 16.5 Å². The van der Waals surface area contributed by atoms with Gasteiger partial charge in [0.05, 0.1) is 11.4 Å². The van der Waals surface area contributed by atoms with Crippen LogP contribution in [0.3, 0.4) is 0 Å². The number of nitrogens with zero attached hydrogens (tertiary/aromatic N) is 2. The Balaban J connectivity index is 1.70. The predicted octanol–water partition coefficient (Wildman–Crippen LogP) is 4.10. The van der Waals surface area contributed by atoms with Crippen molar-refractivity contribution >= 4 is 22.6 Å². The van der Waals surface area contributed by atoms with Crippen LogP contribution in [-0.4, -0.2) is 20.7 Å². The lowest BCUT2D eigenvalue weighted by Gasteiger charge is -2.23. The second-order valence-electron chi connectivity index (χ2n) is 6.52. The maximum Gasteiger partial charge on any atom is 0.228 e. The van der Waals surface area contributed by atoms with Crippen LogP contribution in [0.4, 0.5) is 5.82 Å². The first kappa shape index (κ1) is 15.0. The van der Waals surface area contributed by atoms with Crippen LogP contribution < -0.4 is 5.32 Å². The van der Waals surface area contributed by atoms with E-state index in [1.807, 2.05) is 6.07 Å². The van der Waals surface area contributed by atoms with Gasteiger partial charge in [0.2, 0.25) is 5.91 Å². The Kier molecular flexibility index (Phi) is 3.63. The van der Waals surface area contributed by atoms with E-state index in [0.29, 0.717) is 5.82 Å². The first-order valence-corrected chi connectivity index (χ1v) is 8.63. The molecule has 1 amide bonds. The van der Waals surface area contributed by atoms with Gasteiger partial charge in [-0.2, -0.15) is 5.10 Å². The van der Waals surface area contributed by atoms with Gasteiger partial charge in [-0.05, 0) is 38.3 Å². The molecule has 0 aliphatic heterocycles. The molecule has 1 aromatic carbocycles. The summed E-state index contributed by atoms with van der Waals surface area (Å²) >= 11 is 0. The molecule has 0 atom stereocenters. The Morgan fingerprint density at radius 2 is 2.17 bits per heavy atom. The summed E-state index contributed by atoms with van der Waals surface area (Å²) in [5.41, 5.74) is 4.53. The van der Waals surface area contributed by atoms with Gasteiger partial charge in [0.15, 0.2) is 5.82 Å². The molecule has 0 saturated heterocycles. The number of para-hydroxylation sites is 1. The minimum Gasteiger partial charge on any atom is -0.339 e. The van der Waals surface area contributed by atoms with Gasteiger partial charge in [-0.25, -0.2) is 0 Å². The molecule has 1 fully saturated rings. The average molecular weight is 322 g/mol. The highest BCUT2D eigenvalue weighted by molar-refractivity contribution is 5.94. The Labute approximate surface area is 141 Å². The molecule has 2 aromatic heterocycles. The number of rotatable bonds is 4. The third kappa shape index (κ3) is 2.31. The van der Waals surface area contributed by atoms with Gasteiger partial charge < -0.3 is 9.88 Å². The average Bonchev–Trinajstić information content (AvgIpc) is 3.08. The summed E-state index contributed by atoms with van der Waals surface area (Å²) in [6, 6.07) is 10.4. The van der Waals surface area contributed by atoms with Crippen LogP contribution in [-0.2, 0) is 11.3 Å². The fraction of sp³-hybridized carbons (Fsp3) is 0.368. The molecule has 24 heavy (non-hydrogen) atoms. The second-order valence-corrected chi connectivity index (χ2v) is 6.52. The zero-order valence-corrected chi connectivity index (χ0v) is 14.1. The summed E-state index contributed by atoms with van der Waals surface area (Å²) in [6.45, 7) is 5.16. The number of hydrogen-bond acceptors (Lipinski definition) is 2. The topological polar surface area (TPSA) is 62.7 Å². The van der Waals surface area contributed by atoms with Crippen molar-refractivity contribution in [2.45, 2.75) is 39.7 Å². The summed E-state index contributed by atoms with van der Waals surface area (Å²) in [5.74, 6) is 0.857. The minimum atomic E-state index is 0.0899. The van der Waals surface area contributed by atoms with E-state index < -0.39 is 0 Å². The maximum absolute atomic E-state index is 12.1. The fourth-order valence-electron chi connectivity index (χ4n) is 3.56. The van der Waals surface area contributed by atoms with E-state index in [9.17, 15) is 4.79 Å². The van der Waals surface area contributed by atoms with Crippen molar-refractivity contribution in [3.05, 3.63) is 35.9 Å². The van der Waals surface area contributed by atoms with Crippen molar-refractivity contribution in [2.24, 2.45) is 5.92 Å². The van der Waals surface area contributed by atoms with Crippen molar-refractivity contribution in [2.75, 3.05) is 5.32 Å². The summed E-state index contributed by atoms with van der Waals surface area (Å²) < 4.78 is 2.29. The van der Waals surface area contributed by atoms with Gasteiger partial charge in [0.1, 0.15) is 0 Å². The third-order valence-corrected chi connectivity index (χ3v) is 5.10. The predicted molar refractivity (Wildman–Crippen MR) is 95.9 cm³/mol. The largest absolute Gasteiger partial charge is 0.339 e. The molecule has 1 aliphatic rings. The summed E-state index contributed by atoms with van der Waals surface area (Å²) in [4.78, 5) is 12.1. The van der Waals surface area contributed by atoms with Gasteiger partial charge in [0.25, 0.3) is 0 Å². The number of carbonyl (C=O) groups excluding carboxylic acids is 1. The molecule has 2 heterocycles. The second kappa shape index (κ2) is 5.82. The SMILES string of the molecule is CCn1c(-c2cc(NC(=O)C3CCC3)n[nH]2)c(C)c2ccccc21. The fourth-order valence-corrected chi connectivity index (χ4v) is 3.56. The molecule has 0 unspecified atom stereocenters. The zero-order valence-electron chi connectivity index (χ0n) is 14.1. The molecular formula is C19H22N4O. The van der Waals surface area contributed by atoms with Crippen molar-refractivity contribution in [1.82, 2.24) is 14.8 Å². The van der Waals surface area contributed by atoms with Gasteiger partial charge in [-0.1, -0.05) is 24.6 Å². The highest BCUT2D eigenvalue weighted by Crippen LogP contribution is 2.33. The third-order valence-electron chi connectivity index (χ3n) is 5.10. The molecule has 4 rings (SSSR count). The van der Waals surface area contributed by atoms with Crippen LogP contribution >= 0.6 is 0 Å². The normalized spacial score (nSPS) is 14.8. The van der Waals surface area contributed by atoms with Crippen molar-refractivity contribution in [3.63, 3.8) is 0 Å². The number of aromatic amines is 1. The molecule has 0 spiro atoms. The number of aromatic nitrogens is 3. The highest BCUT2D eigenvalue weighted by Gasteiger charge is 2.26. The Hall–Kier alpha value is -2.56. The van der Waals surface area contributed by atoms with Crippen LogP contribution in [0.5, 0.6) is 0 Å². The Morgan fingerprint density at radius 1 is 1.38 bits per heavy atom. The first-order valence-electron chi connectivity index (χ1n) is 8.63. The van der Waals surface area contributed by atoms with Crippen molar-refractivity contribution in [1.29, 1.82) is 0 Å². The molecule has 5 heteroatoms. The monoisotopic (exact) mass is 322 g/mol. The maximum atomic E-state index is 12.1. The van der Waals surface area contributed by atoms with Crippen LogP contribution in [0.25, 0.3) is 22.3 Å². The van der Waals surface area contributed by atoms with E-state index in [-0.39, 0.29) is 11.8 Å². The van der Waals surface area contributed by atoms with E-state index in [2.05, 4.69) is 58.2 Å². The number of benzene rings is 1. The number of carbonyl (C=O) groups is 1. The zero-order chi connectivity index (χ0) is 16.7. The summed E-state index contributed by atoms with van der Waals surface area (Å²) in [5, 5.41) is 11.6. The van der Waals surface area contributed by atoms with Gasteiger partial charge >= 0.3 is 0 Å². The Bertz CT molecular complexity index is 901. The van der Waals surface area contributed by atoms with Gasteiger partial charge in [-0.15, -0.1) is 0 Å². The van der Waals surface area contributed by atoms with Crippen LogP contribution in [0.1, 0.15) is 31.7 Å². The number of fused-ring (bicyclic) bond motifs is 1. The molecule has 2 N–H and O–H groups in total. The molecule has 1 saturated carbocycles. The van der Waals surface area contributed by atoms with Crippen LogP contribution in [0.15, 0.2) is 30.3 Å². The minimum absolute atomic E-state index is 0.0899. The molecule has 3 aromatic rings. The number of anilines is 1. The smallest absolute Gasteiger partial charge is 0.228 e. The Morgan fingerprint density at radius 3 is 2.88 bits per heavy atom. The number of H-pyrrole nitrogens is 1. The van der Waals surface area contributed by atoms with Crippen molar-refractivity contribution < 1.29 is 4.79 Å². The molecule has 5 nitrogen and oxygen atoms in total. The quantitative estimate of drug-likeness (QED) is 0.759. The number of hydrogen-bond donors (Lipinski definition) is 2. The first-order chi connectivity index (χ1) is 11.7. The lowest BCUT2D eigenvalue weighted by molar-refractivity contribution is -0.122. The summed E-state index contributed by atoms with van der Waals surface area (Å²) in [7, 11) is 0. The molecule has 1 aliphatic carbocycles. The summed E-state index contributed by atoms with van der Waals surface area (Å²) in [6.07, 6.45) is 3.14. The van der Waals surface area contributed by atoms with Crippen LogP contribution in [0, 0.1) is 12.8 Å². The standard InChI is InChI=1S/C19H22N4O/c1-3-23-16-10-5-4-9-14(16)12(2)18(23)15-11-17(22-21-15)20-19(24)13-7-6-8-13/h4-5,9-11,13H,3,6-8H2,1-2H3,(H2,20,21,22,24). The van der Waals surface area contributed by atoms with Crippen molar-refractivity contribution in [3.8, 4) is 11.4 Å². The molecule has 0 bridgehead atoms. The lowest BCUT2D eigenvalue weighted by atomic mass is 9.85. The van der Waals surface area contributed by atoms with E-state index in [4.69, 9.17) is 0 Å². The number of nitrogens with one attached hydrogen (secondary N) is 2. The lowest BCUT2D eigenvalue weighted by Crippen LogP contribution is -2.28. The van der Waals surface area contributed by atoms with Gasteiger partial charge in [-0.3, -0.25) is 9.89 Å². The number of amides is 1. The van der Waals surface area contributed by atoms with Gasteiger partial charge in [0, 0.05) is 29.4 Å². The molecule has 0 radical (unpaired) electrons. The van der Waals surface area contributed by atoms with Crippen LogP contribution in [0.2, 0.25) is 0 Å². The number of aryl methyl sites for hydroxylation is 2. The highest BCUT2D eigenvalue weighted by atomic mass is 16.2. The van der Waals surface area contributed by atoms with E-state index in [1.54, 1.807) is 0 Å².